The normalized spacial score (nSPS) is 18.2. The SMILES string of the molecule is COc1ccc(CN2CCCC2c2cc(C)on2)cc1COCC(F)(F)F. The minimum atomic E-state index is -4.34. The van der Waals surface area contributed by atoms with Crippen LogP contribution in [0.3, 0.4) is 0 Å². The second kappa shape index (κ2) is 8.31. The van der Waals surface area contributed by atoms with Crippen LogP contribution in [-0.2, 0) is 17.9 Å². The number of halogens is 3. The van der Waals surface area contributed by atoms with E-state index in [1.807, 2.05) is 25.1 Å². The van der Waals surface area contributed by atoms with E-state index in [1.54, 1.807) is 6.07 Å². The molecule has 1 aromatic heterocycles. The number of rotatable bonds is 7. The summed E-state index contributed by atoms with van der Waals surface area (Å²) in [7, 11) is 1.49. The minimum absolute atomic E-state index is 0.150. The monoisotopic (exact) mass is 384 g/mol. The fourth-order valence-electron chi connectivity index (χ4n) is 3.45. The molecular weight excluding hydrogens is 361 g/mol. The quantitative estimate of drug-likeness (QED) is 0.708. The van der Waals surface area contributed by atoms with Crippen LogP contribution < -0.4 is 4.74 Å². The number of hydrogen-bond acceptors (Lipinski definition) is 5. The highest BCUT2D eigenvalue weighted by Crippen LogP contribution is 2.33. The Labute approximate surface area is 156 Å². The fraction of sp³-hybridized carbons (Fsp3) is 0.526. The maximum Gasteiger partial charge on any atom is 0.411 e. The molecule has 0 radical (unpaired) electrons. The van der Waals surface area contributed by atoms with Crippen LogP contribution in [0.4, 0.5) is 13.2 Å². The molecule has 0 aliphatic carbocycles. The van der Waals surface area contributed by atoms with Crippen LogP contribution in [0, 0.1) is 6.92 Å². The Morgan fingerprint density at radius 1 is 1.30 bits per heavy atom. The van der Waals surface area contributed by atoms with Gasteiger partial charge in [-0.2, -0.15) is 13.2 Å². The van der Waals surface area contributed by atoms with Crippen molar-refractivity contribution in [3.8, 4) is 5.75 Å². The number of aryl methyl sites for hydroxylation is 1. The molecule has 2 heterocycles. The molecule has 1 aromatic carbocycles. The highest BCUT2D eigenvalue weighted by atomic mass is 19.4. The summed E-state index contributed by atoms with van der Waals surface area (Å²) in [6, 6.07) is 7.68. The first-order valence-corrected chi connectivity index (χ1v) is 8.83. The highest BCUT2D eigenvalue weighted by Gasteiger charge is 2.29. The van der Waals surface area contributed by atoms with E-state index in [2.05, 4.69) is 10.1 Å². The number of aromatic nitrogens is 1. The molecule has 27 heavy (non-hydrogen) atoms. The summed E-state index contributed by atoms with van der Waals surface area (Å²) < 4.78 is 52.2. The lowest BCUT2D eigenvalue weighted by molar-refractivity contribution is -0.176. The van der Waals surface area contributed by atoms with Crippen molar-refractivity contribution in [2.75, 3.05) is 20.3 Å². The molecule has 0 amide bonds. The number of ether oxygens (including phenoxy) is 2. The number of benzene rings is 1. The predicted molar refractivity (Wildman–Crippen MR) is 92.3 cm³/mol. The van der Waals surface area contributed by atoms with Gasteiger partial charge in [-0.1, -0.05) is 11.2 Å². The van der Waals surface area contributed by atoms with Crippen LogP contribution in [0.15, 0.2) is 28.8 Å². The van der Waals surface area contributed by atoms with E-state index in [4.69, 9.17) is 14.0 Å². The number of methoxy groups -OCH3 is 1. The molecule has 5 nitrogen and oxygen atoms in total. The minimum Gasteiger partial charge on any atom is -0.496 e. The largest absolute Gasteiger partial charge is 0.496 e. The Morgan fingerprint density at radius 2 is 2.11 bits per heavy atom. The van der Waals surface area contributed by atoms with Gasteiger partial charge in [0.1, 0.15) is 23.8 Å². The molecule has 2 aromatic rings. The molecule has 148 valence electrons. The Kier molecular flexibility index (Phi) is 6.06. The lowest BCUT2D eigenvalue weighted by Gasteiger charge is -2.23. The van der Waals surface area contributed by atoms with Gasteiger partial charge in [0.2, 0.25) is 0 Å². The molecular formula is C19H23F3N2O3. The van der Waals surface area contributed by atoms with Crippen LogP contribution >= 0.6 is 0 Å². The summed E-state index contributed by atoms with van der Waals surface area (Å²) >= 11 is 0. The smallest absolute Gasteiger partial charge is 0.411 e. The first kappa shape index (κ1) is 19.7. The summed E-state index contributed by atoms with van der Waals surface area (Å²) in [5.41, 5.74) is 2.52. The van der Waals surface area contributed by atoms with Crippen LogP contribution in [0.5, 0.6) is 5.75 Å². The van der Waals surface area contributed by atoms with Crippen molar-refractivity contribution < 1.29 is 27.2 Å². The maximum atomic E-state index is 12.3. The van der Waals surface area contributed by atoms with Gasteiger partial charge in [-0.25, -0.2) is 0 Å². The first-order valence-electron chi connectivity index (χ1n) is 8.83. The van der Waals surface area contributed by atoms with Crippen molar-refractivity contribution in [1.82, 2.24) is 10.1 Å². The van der Waals surface area contributed by atoms with Gasteiger partial charge in [0.05, 0.1) is 19.8 Å². The molecule has 8 heteroatoms. The van der Waals surface area contributed by atoms with Crippen LogP contribution in [-0.4, -0.2) is 36.5 Å². The molecule has 3 rings (SSSR count). The summed E-state index contributed by atoms with van der Waals surface area (Å²) in [6.45, 7) is 2.05. The molecule has 1 aliphatic rings. The van der Waals surface area contributed by atoms with Crippen LogP contribution in [0.25, 0.3) is 0 Å². The second-order valence-electron chi connectivity index (χ2n) is 6.75. The summed E-state index contributed by atoms with van der Waals surface area (Å²) in [4.78, 5) is 2.31. The van der Waals surface area contributed by atoms with Gasteiger partial charge < -0.3 is 14.0 Å². The summed E-state index contributed by atoms with van der Waals surface area (Å²) in [5, 5.41) is 4.13. The highest BCUT2D eigenvalue weighted by molar-refractivity contribution is 5.37. The van der Waals surface area contributed by atoms with Crippen molar-refractivity contribution in [1.29, 1.82) is 0 Å². The van der Waals surface area contributed by atoms with E-state index < -0.39 is 12.8 Å². The molecule has 0 saturated carbocycles. The van der Waals surface area contributed by atoms with Gasteiger partial charge >= 0.3 is 6.18 Å². The lowest BCUT2D eigenvalue weighted by atomic mass is 10.1. The average molecular weight is 384 g/mol. The zero-order valence-corrected chi connectivity index (χ0v) is 15.4. The topological polar surface area (TPSA) is 47.7 Å². The van der Waals surface area contributed by atoms with Crippen molar-refractivity contribution in [3.63, 3.8) is 0 Å². The van der Waals surface area contributed by atoms with Gasteiger partial charge in [0.15, 0.2) is 0 Å². The zero-order chi connectivity index (χ0) is 19.4. The van der Waals surface area contributed by atoms with E-state index in [1.165, 1.54) is 7.11 Å². The van der Waals surface area contributed by atoms with E-state index in [9.17, 15) is 13.2 Å². The van der Waals surface area contributed by atoms with Gasteiger partial charge in [0.25, 0.3) is 0 Å². The zero-order valence-electron chi connectivity index (χ0n) is 15.4. The standard InChI is InChI=1S/C19H23F3N2O3/c1-13-8-16(23-27-13)17-4-3-7-24(17)10-14-5-6-18(25-2)15(9-14)11-26-12-19(20,21)22/h5-6,8-9,17H,3-4,7,10-12H2,1-2H3. The molecule has 1 aliphatic heterocycles. The Morgan fingerprint density at radius 3 is 2.78 bits per heavy atom. The average Bonchev–Trinajstić information content (AvgIpc) is 3.22. The van der Waals surface area contributed by atoms with Crippen molar-refractivity contribution >= 4 is 0 Å². The van der Waals surface area contributed by atoms with Gasteiger partial charge in [-0.3, -0.25) is 4.90 Å². The van der Waals surface area contributed by atoms with E-state index in [0.29, 0.717) is 17.9 Å². The molecule has 1 saturated heterocycles. The predicted octanol–water partition coefficient (Wildman–Crippen LogP) is 4.41. The fourth-order valence-corrected chi connectivity index (χ4v) is 3.45. The molecule has 0 spiro atoms. The first-order chi connectivity index (χ1) is 12.9. The molecule has 0 bridgehead atoms. The molecule has 0 N–H and O–H groups in total. The van der Waals surface area contributed by atoms with Crippen LogP contribution in [0.2, 0.25) is 0 Å². The van der Waals surface area contributed by atoms with Crippen molar-refractivity contribution in [3.05, 3.63) is 46.8 Å². The third kappa shape index (κ3) is 5.23. The maximum absolute atomic E-state index is 12.3. The number of likely N-dealkylation sites (tertiary alicyclic amines) is 1. The number of hydrogen-bond donors (Lipinski definition) is 0. The van der Waals surface area contributed by atoms with E-state index in [0.717, 1.165) is 36.4 Å². The van der Waals surface area contributed by atoms with Crippen molar-refractivity contribution in [2.24, 2.45) is 0 Å². The summed E-state index contributed by atoms with van der Waals surface area (Å²) in [6.07, 6.45) is -2.28. The Hall–Kier alpha value is -2.06. The Bertz CT molecular complexity index is 761. The van der Waals surface area contributed by atoms with Gasteiger partial charge in [-0.05, 0) is 44.0 Å². The van der Waals surface area contributed by atoms with Crippen LogP contribution in [0.1, 0.15) is 41.5 Å². The third-order valence-electron chi connectivity index (χ3n) is 4.61. The summed E-state index contributed by atoms with van der Waals surface area (Å²) in [5.74, 6) is 1.30. The second-order valence-corrected chi connectivity index (χ2v) is 6.75. The number of nitrogens with zero attached hydrogens (tertiary/aromatic N) is 2. The third-order valence-corrected chi connectivity index (χ3v) is 4.61. The van der Waals surface area contributed by atoms with Gasteiger partial charge in [-0.15, -0.1) is 0 Å². The van der Waals surface area contributed by atoms with Gasteiger partial charge in [0, 0.05) is 18.2 Å². The Balaban J connectivity index is 1.69. The lowest BCUT2D eigenvalue weighted by Crippen LogP contribution is -2.23. The molecule has 1 fully saturated rings. The molecule has 1 unspecified atom stereocenters. The van der Waals surface area contributed by atoms with E-state index >= 15 is 0 Å². The van der Waals surface area contributed by atoms with Crippen molar-refractivity contribution in [2.45, 2.75) is 45.1 Å². The number of alkyl halides is 3. The molecule has 1 atom stereocenters. The van der Waals surface area contributed by atoms with E-state index in [-0.39, 0.29) is 12.6 Å².